The highest BCUT2D eigenvalue weighted by Crippen LogP contribution is 2.19. The number of benzene rings is 1. The number of anilines is 2. The van der Waals surface area contributed by atoms with Gasteiger partial charge in [0.1, 0.15) is 5.82 Å². The van der Waals surface area contributed by atoms with Crippen LogP contribution < -0.4 is 15.5 Å². The molecule has 0 radical (unpaired) electrons. The van der Waals surface area contributed by atoms with Crippen LogP contribution in [0.5, 0.6) is 0 Å². The van der Waals surface area contributed by atoms with E-state index in [4.69, 9.17) is 4.74 Å². The summed E-state index contributed by atoms with van der Waals surface area (Å²) < 4.78 is 7.61. The molecule has 2 amide bonds. The van der Waals surface area contributed by atoms with Gasteiger partial charge in [-0.2, -0.15) is 5.10 Å². The molecule has 0 aliphatic carbocycles. The first-order valence-electron chi connectivity index (χ1n) is 10.5. The Morgan fingerprint density at radius 1 is 1.16 bits per heavy atom. The number of morpholine rings is 1. The van der Waals surface area contributed by atoms with Crippen molar-refractivity contribution in [1.29, 1.82) is 0 Å². The molecule has 3 aromatic rings. The standard InChI is InChI=1S/C23H28N6O2/c1-16-9-10-26-29(16)21-6-4-5-20(11-21)27-23(30)25-13-19-7-8-22(24-12-19)28-14-17(2)31-18(3)15-28/h4-12,17-18H,13-15H2,1-3H3,(H2,25,27,30). The predicted molar refractivity (Wildman–Crippen MR) is 121 cm³/mol. The molecular formula is C23H28N6O2. The van der Waals surface area contributed by atoms with Crippen molar-refractivity contribution in [1.82, 2.24) is 20.1 Å². The number of pyridine rings is 1. The summed E-state index contributed by atoms with van der Waals surface area (Å²) in [5, 5.41) is 10.1. The van der Waals surface area contributed by atoms with Gasteiger partial charge >= 0.3 is 6.03 Å². The molecular weight excluding hydrogens is 392 g/mol. The van der Waals surface area contributed by atoms with Crippen LogP contribution in [0.2, 0.25) is 0 Å². The van der Waals surface area contributed by atoms with Crippen LogP contribution in [-0.4, -0.2) is 46.1 Å². The lowest BCUT2D eigenvalue weighted by Gasteiger charge is -2.36. The van der Waals surface area contributed by atoms with Crippen LogP contribution in [0, 0.1) is 6.92 Å². The molecule has 1 saturated heterocycles. The smallest absolute Gasteiger partial charge is 0.319 e. The van der Waals surface area contributed by atoms with Crippen molar-refractivity contribution < 1.29 is 9.53 Å². The molecule has 0 spiro atoms. The van der Waals surface area contributed by atoms with Crippen LogP contribution in [-0.2, 0) is 11.3 Å². The number of hydrogen-bond acceptors (Lipinski definition) is 5. The number of rotatable bonds is 5. The molecule has 0 bridgehead atoms. The maximum Gasteiger partial charge on any atom is 0.319 e. The van der Waals surface area contributed by atoms with E-state index in [9.17, 15) is 4.79 Å². The van der Waals surface area contributed by atoms with E-state index < -0.39 is 0 Å². The first-order chi connectivity index (χ1) is 15.0. The molecule has 8 nitrogen and oxygen atoms in total. The lowest BCUT2D eigenvalue weighted by molar-refractivity contribution is -0.00546. The van der Waals surface area contributed by atoms with Crippen molar-refractivity contribution in [3.8, 4) is 5.69 Å². The van der Waals surface area contributed by atoms with E-state index in [0.29, 0.717) is 12.2 Å². The molecule has 2 atom stereocenters. The maximum atomic E-state index is 12.3. The molecule has 1 aliphatic heterocycles. The van der Waals surface area contributed by atoms with Gasteiger partial charge in [0.2, 0.25) is 0 Å². The predicted octanol–water partition coefficient (Wildman–Crippen LogP) is 3.51. The number of hydrogen-bond donors (Lipinski definition) is 2. The van der Waals surface area contributed by atoms with E-state index in [1.165, 1.54) is 0 Å². The van der Waals surface area contributed by atoms with E-state index in [-0.39, 0.29) is 18.2 Å². The molecule has 2 N–H and O–H groups in total. The highest BCUT2D eigenvalue weighted by Gasteiger charge is 2.22. The van der Waals surface area contributed by atoms with E-state index in [0.717, 1.165) is 35.9 Å². The maximum absolute atomic E-state index is 12.3. The molecule has 0 saturated carbocycles. The summed E-state index contributed by atoms with van der Waals surface area (Å²) >= 11 is 0. The van der Waals surface area contributed by atoms with Gasteiger partial charge in [0, 0.05) is 43.4 Å². The zero-order valence-electron chi connectivity index (χ0n) is 18.1. The van der Waals surface area contributed by atoms with Gasteiger partial charge in [-0.05, 0) is 56.7 Å². The average Bonchev–Trinajstić information content (AvgIpc) is 3.18. The van der Waals surface area contributed by atoms with Gasteiger partial charge in [-0.3, -0.25) is 0 Å². The first-order valence-corrected chi connectivity index (χ1v) is 10.5. The van der Waals surface area contributed by atoms with Crippen LogP contribution in [0.15, 0.2) is 54.9 Å². The minimum Gasteiger partial charge on any atom is -0.372 e. The Bertz CT molecular complexity index is 1020. The van der Waals surface area contributed by atoms with Crippen molar-refractivity contribution in [2.45, 2.75) is 39.5 Å². The fourth-order valence-electron chi connectivity index (χ4n) is 3.79. The first kappa shape index (κ1) is 20.9. The molecule has 31 heavy (non-hydrogen) atoms. The average molecular weight is 421 g/mol. The number of nitrogens with one attached hydrogen (secondary N) is 2. The van der Waals surface area contributed by atoms with Gasteiger partial charge in [0.05, 0.1) is 17.9 Å². The molecule has 2 unspecified atom stereocenters. The van der Waals surface area contributed by atoms with E-state index in [2.05, 4.69) is 39.5 Å². The van der Waals surface area contributed by atoms with Crippen LogP contribution in [0.4, 0.5) is 16.3 Å². The summed E-state index contributed by atoms with van der Waals surface area (Å²) in [7, 11) is 0. The Kier molecular flexibility index (Phi) is 6.18. The Morgan fingerprint density at radius 2 is 1.97 bits per heavy atom. The zero-order valence-corrected chi connectivity index (χ0v) is 18.1. The van der Waals surface area contributed by atoms with Crippen molar-refractivity contribution >= 4 is 17.5 Å². The highest BCUT2D eigenvalue weighted by molar-refractivity contribution is 5.89. The molecule has 1 fully saturated rings. The minimum absolute atomic E-state index is 0.186. The normalized spacial score (nSPS) is 18.6. The van der Waals surface area contributed by atoms with Crippen LogP contribution in [0.3, 0.4) is 0 Å². The number of amides is 2. The Balaban J connectivity index is 1.32. The zero-order chi connectivity index (χ0) is 21.8. The topological polar surface area (TPSA) is 84.3 Å². The number of nitrogens with zero attached hydrogens (tertiary/aromatic N) is 4. The largest absolute Gasteiger partial charge is 0.372 e. The number of urea groups is 1. The second-order valence-corrected chi connectivity index (χ2v) is 7.93. The molecule has 4 rings (SSSR count). The summed E-state index contributed by atoms with van der Waals surface area (Å²) in [6.45, 7) is 8.19. The molecule has 1 aliphatic rings. The lowest BCUT2D eigenvalue weighted by atomic mass is 10.2. The monoisotopic (exact) mass is 420 g/mol. The fourth-order valence-corrected chi connectivity index (χ4v) is 3.79. The van der Waals surface area contributed by atoms with Gasteiger partial charge < -0.3 is 20.3 Å². The molecule has 1 aromatic carbocycles. The number of aromatic nitrogens is 3. The quantitative estimate of drug-likeness (QED) is 0.660. The summed E-state index contributed by atoms with van der Waals surface area (Å²) in [4.78, 5) is 19.2. The molecule has 8 heteroatoms. The van der Waals surface area contributed by atoms with Gasteiger partial charge in [-0.1, -0.05) is 12.1 Å². The van der Waals surface area contributed by atoms with Crippen molar-refractivity contribution in [2.75, 3.05) is 23.3 Å². The van der Waals surface area contributed by atoms with Crippen molar-refractivity contribution in [2.24, 2.45) is 0 Å². The number of aryl methyl sites for hydroxylation is 1. The second kappa shape index (κ2) is 9.18. The number of carbonyl (C=O) groups is 1. The Hall–Kier alpha value is -3.39. The summed E-state index contributed by atoms with van der Waals surface area (Å²) in [5.74, 6) is 0.931. The minimum atomic E-state index is -0.269. The Labute approximate surface area is 182 Å². The van der Waals surface area contributed by atoms with E-state index >= 15 is 0 Å². The van der Waals surface area contributed by atoms with Crippen molar-refractivity contribution in [3.05, 3.63) is 66.1 Å². The van der Waals surface area contributed by atoms with E-state index in [1.54, 1.807) is 6.20 Å². The fraction of sp³-hybridized carbons (Fsp3) is 0.348. The third-order valence-corrected chi connectivity index (χ3v) is 5.19. The summed E-state index contributed by atoms with van der Waals surface area (Å²) in [6, 6.07) is 13.2. The summed E-state index contributed by atoms with van der Waals surface area (Å²) in [5.41, 5.74) is 3.56. The lowest BCUT2D eigenvalue weighted by Crippen LogP contribution is -2.45. The van der Waals surface area contributed by atoms with Gasteiger partial charge in [-0.15, -0.1) is 0 Å². The van der Waals surface area contributed by atoms with E-state index in [1.807, 2.05) is 60.3 Å². The van der Waals surface area contributed by atoms with Crippen molar-refractivity contribution in [3.63, 3.8) is 0 Å². The third kappa shape index (κ3) is 5.21. The van der Waals surface area contributed by atoms with Crippen LogP contribution >= 0.6 is 0 Å². The second-order valence-electron chi connectivity index (χ2n) is 7.93. The number of ether oxygens (including phenoxy) is 1. The van der Waals surface area contributed by atoms with Gasteiger partial charge in [0.15, 0.2) is 0 Å². The molecule has 162 valence electrons. The molecule has 2 aromatic heterocycles. The van der Waals surface area contributed by atoms with Gasteiger partial charge in [0.25, 0.3) is 0 Å². The third-order valence-electron chi connectivity index (χ3n) is 5.19. The van der Waals surface area contributed by atoms with Crippen LogP contribution in [0.25, 0.3) is 5.69 Å². The Morgan fingerprint density at radius 3 is 2.65 bits per heavy atom. The van der Waals surface area contributed by atoms with Crippen LogP contribution in [0.1, 0.15) is 25.1 Å². The van der Waals surface area contributed by atoms with Gasteiger partial charge in [-0.25, -0.2) is 14.5 Å². The highest BCUT2D eigenvalue weighted by atomic mass is 16.5. The molecule has 3 heterocycles. The summed E-state index contributed by atoms with van der Waals surface area (Å²) in [6.07, 6.45) is 3.93. The SMILES string of the molecule is Cc1ccnn1-c1cccc(NC(=O)NCc2ccc(N3CC(C)OC(C)C3)nc2)c1. The number of carbonyl (C=O) groups excluding carboxylic acids is 1.